The fraction of sp³-hybridized carbons (Fsp3) is 0.556. The Morgan fingerprint density at radius 2 is 2.08 bits per heavy atom. The van der Waals surface area contributed by atoms with Crippen molar-refractivity contribution in [3.05, 3.63) is 24.5 Å². The van der Waals surface area contributed by atoms with Crippen LogP contribution in [0.25, 0.3) is 5.69 Å². The average molecular weight is 356 g/mol. The highest BCUT2D eigenvalue weighted by Gasteiger charge is 2.40. The number of rotatable bonds is 4. The zero-order valence-corrected chi connectivity index (χ0v) is 14.8. The highest BCUT2D eigenvalue weighted by molar-refractivity contribution is 5.93. The van der Waals surface area contributed by atoms with Crippen LogP contribution in [0.4, 0.5) is 5.69 Å². The summed E-state index contributed by atoms with van der Waals surface area (Å²) < 4.78 is 6.88. The molecule has 1 aromatic carbocycles. The van der Waals surface area contributed by atoms with Crippen molar-refractivity contribution in [1.29, 1.82) is 0 Å². The molecule has 2 aliphatic rings. The fourth-order valence-corrected chi connectivity index (χ4v) is 4.47. The molecule has 8 heteroatoms. The summed E-state index contributed by atoms with van der Waals surface area (Å²) in [7, 11) is 1.59. The standard InChI is InChI=1S/C18H24N6O2/c1-26-16-6-5-14(9-15(16)24-10-20-22-23-24)21-18(25)13-7-11-3-2-4-12(8-13)17(11)19/h5-6,9-13,17H,2-4,7-8,19H2,1H3,(H,21,25). The van der Waals surface area contributed by atoms with Gasteiger partial charge in [0.05, 0.1) is 7.11 Å². The van der Waals surface area contributed by atoms with E-state index in [4.69, 9.17) is 10.5 Å². The Labute approximate surface area is 152 Å². The number of fused-ring (bicyclic) bond motifs is 2. The second kappa shape index (κ2) is 7.03. The number of methoxy groups -OCH3 is 1. The number of nitrogens with two attached hydrogens (primary N) is 1. The van der Waals surface area contributed by atoms with Gasteiger partial charge < -0.3 is 15.8 Å². The first-order valence-electron chi connectivity index (χ1n) is 9.13. The summed E-state index contributed by atoms with van der Waals surface area (Å²) in [5.41, 5.74) is 7.73. The molecule has 2 bridgehead atoms. The number of tetrazole rings is 1. The van der Waals surface area contributed by atoms with Crippen LogP contribution >= 0.6 is 0 Å². The molecule has 1 aromatic heterocycles. The van der Waals surface area contributed by atoms with E-state index < -0.39 is 0 Å². The quantitative estimate of drug-likeness (QED) is 0.864. The number of nitrogens with one attached hydrogen (secondary N) is 1. The van der Waals surface area contributed by atoms with Crippen LogP contribution in [-0.2, 0) is 4.79 Å². The van der Waals surface area contributed by atoms with Gasteiger partial charge in [0.1, 0.15) is 17.8 Å². The number of carbonyl (C=O) groups excluding carboxylic acids is 1. The zero-order valence-electron chi connectivity index (χ0n) is 14.8. The molecule has 4 rings (SSSR count). The number of benzene rings is 1. The minimum Gasteiger partial charge on any atom is -0.494 e. The zero-order chi connectivity index (χ0) is 18.1. The van der Waals surface area contributed by atoms with Crippen LogP contribution in [-0.4, -0.2) is 39.3 Å². The van der Waals surface area contributed by atoms with Crippen molar-refractivity contribution in [2.75, 3.05) is 12.4 Å². The summed E-state index contributed by atoms with van der Waals surface area (Å²) in [5, 5.41) is 14.3. The maximum Gasteiger partial charge on any atom is 0.227 e. The molecule has 0 aliphatic heterocycles. The SMILES string of the molecule is COc1ccc(NC(=O)C2CC3CCCC(C2)C3N)cc1-n1cnnn1. The van der Waals surface area contributed by atoms with E-state index in [-0.39, 0.29) is 17.9 Å². The van der Waals surface area contributed by atoms with Crippen LogP contribution < -0.4 is 15.8 Å². The van der Waals surface area contributed by atoms with Crippen LogP contribution in [0.2, 0.25) is 0 Å². The lowest BCUT2D eigenvalue weighted by molar-refractivity contribution is -0.122. The van der Waals surface area contributed by atoms with E-state index >= 15 is 0 Å². The summed E-state index contributed by atoms with van der Waals surface area (Å²) in [6.07, 6.45) is 6.80. The van der Waals surface area contributed by atoms with Gasteiger partial charge in [-0.15, -0.1) is 5.10 Å². The van der Waals surface area contributed by atoms with Crippen molar-refractivity contribution in [3.8, 4) is 11.4 Å². The van der Waals surface area contributed by atoms with Gasteiger partial charge in [0.25, 0.3) is 0 Å². The van der Waals surface area contributed by atoms with Gasteiger partial charge in [-0.1, -0.05) is 6.42 Å². The molecule has 3 N–H and O–H groups in total. The van der Waals surface area contributed by atoms with E-state index in [1.54, 1.807) is 13.2 Å². The molecule has 0 radical (unpaired) electrons. The summed E-state index contributed by atoms with van der Waals surface area (Å²) in [4.78, 5) is 12.8. The summed E-state index contributed by atoms with van der Waals surface area (Å²) in [5.74, 6) is 1.69. The van der Waals surface area contributed by atoms with E-state index in [1.807, 2.05) is 12.1 Å². The second-order valence-corrected chi connectivity index (χ2v) is 7.33. The van der Waals surface area contributed by atoms with E-state index in [0.717, 1.165) is 25.7 Å². The number of hydrogen-bond donors (Lipinski definition) is 2. The van der Waals surface area contributed by atoms with Gasteiger partial charge >= 0.3 is 0 Å². The number of aromatic nitrogens is 4. The van der Waals surface area contributed by atoms with E-state index in [9.17, 15) is 4.79 Å². The first-order valence-corrected chi connectivity index (χ1v) is 9.13. The van der Waals surface area contributed by atoms with Crippen LogP contribution in [0.15, 0.2) is 24.5 Å². The molecule has 138 valence electrons. The van der Waals surface area contributed by atoms with Gasteiger partial charge in [-0.05, 0) is 66.1 Å². The molecule has 2 atom stereocenters. The van der Waals surface area contributed by atoms with Gasteiger partial charge in [-0.25, -0.2) is 0 Å². The molecular formula is C18H24N6O2. The van der Waals surface area contributed by atoms with Gasteiger partial charge in [-0.2, -0.15) is 4.68 Å². The number of anilines is 1. The number of hydrogen-bond acceptors (Lipinski definition) is 6. The lowest BCUT2D eigenvalue weighted by atomic mass is 9.65. The maximum absolute atomic E-state index is 12.8. The van der Waals surface area contributed by atoms with Gasteiger partial charge in [0, 0.05) is 17.6 Å². The minimum atomic E-state index is 0.0312. The molecule has 2 saturated carbocycles. The third kappa shape index (κ3) is 3.16. The predicted molar refractivity (Wildman–Crippen MR) is 95.9 cm³/mol. The third-order valence-electron chi connectivity index (χ3n) is 5.83. The Morgan fingerprint density at radius 3 is 2.73 bits per heavy atom. The third-order valence-corrected chi connectivity index (χ3v) is 5.83. The van der Waals surface area contributed by atoms with Crippen LogP contribution in [0.1, 0.15) is 32.1 Å². The summed E-state index contributed by atoms with van der Waals surface area (Å²) >= 11 is 0. The largest absolute Gasteiger partial charge is 0.494 e. The summed E-state index contributed by atoms with van der Waals surface area (Å²) in [6.45, 7) is 0. The Kier molecular flexibility index (Phi) is 4.58. The molecule has 1 heterocycles. The lowest BCUT2D eigenvalue weighted by Gasteiger charge is -2.43. The normalized spacial score (nSPS) is 27.8. The topological polar surface area (TPSA) is 108 Å². The second-order valence-electron chi connectivity index (χ2n) is 7.33. The van der Waals surface area contributed by atoms with Crippen molar-refractivity contribution in [1.82, 2.24) is 20.2 Å². The molecule has 26 heavy (non-hydrogen) atoms. The smallest absolute Gasteiger partial charge is 0.227 e. The van der Waals surface area contributed by atoms with Gasteiger partial charge in [-0.3, -0.25) is 4.79 Å². The molecule has 8 nitrogen and oxygen atoms in total. The van der Waals surface area contributed by atoms with E-state index in [2.05, 4.69) is 20.8 Å². The first kappa shape index (κ1) is 17.0. The number of nitrogens with zero attached hydrogens (tertiary/aromatic N) is 4. The van der Waals surface area contributed by atoms with Crippen molar-refractivity contribution < 1.29 is 9.53 Å². The molecular weight excluding hydrogens is 332 g/mol. The highest BCUT2D eigenvalue weighted by Crippen LogP contribution is 2.42. The minimum absolute atomic E-state index is 0.0312. The van der Waals surface area contributed by atoms with E-state index in [1.165, 1.54) is 17.4 Å². The Morgan fingerprint density at radius 1 is 1.31 bits per heavy atom. The monoisotopic (exact) mass is 356 g/mol. The average Bonchev–Trinajstić information content (AvgIpc) is 3.16. The van der Waals surface area contributed by atoms with Crippen LogP contribution in [0, 0.1) is 17.8 Å². The van der Waals surface area contributed by atoms with Crippen molar-refractivity contribution in [2.24, 2.45) is 23.5 Å². The number of amides is 1. The first-order chi connectivity index (χ1) is 12.7. The lowest BCUT2D eigenvalue weighted by Crippen LogP contribution is -2.48. The van der Waals surface area contributed by atoms with Crippen molar-refractivity contribution in [2.45, 2.75) is 38.1 Å². The Bertz CT molecular complexity index is 764. The Hall–Kier alpha value is -2.48. The van der Waals surface area contributed by atoms with Crippen LogP contribution in [0.3, 0.4) is 0 Å². The highest BCUT2D eigenvalue weighted by atomic mass is 16.5. The molecule has 2 aliphatic carbocycles. The van der Waals surface area contributed by atoms with Gasteiger partial charge in [0.15, 0.2) is 0 Å². The summed E-state index contributed by atoms with van der Waals surface area (Å²) in [6, 6.07) is 5.72. The molecule has 2 fully saturated rings. The molecule has 2 unspecified atom stereocenters. The van der Waals surface area contributed by atoms with Crippen molar-refractivity contribution >= 4 is 11.6 Å². The molecule has 2 aromatic rings. The number of ether oxygens (including phenoxy) is 1. The van der Waals surface area contributed by atoms with Crippen molar-refractivity contribution in [3.63, 3.8) is 0 Å². The van der Waals surface area contributed by atoms with Gasteiger partial charge in [0.2, 0.25) is 5.91 Å². The Balaban J connectivity index is 1.50. The maximum atomic E-state index is 12.8. The number of carbonyl (C=O) groups is 1. The van der Waals surface area contributed by atoms with Crippen LogP contribution in [0.5, 0.6) is 5.75 Å². The molecule has 0 saturated heterocycles. The molecule has 1 amide bonds. The molecule has 0 spiro atoms. The fourth-order valence-electron chi connectivity index (χ4n) is 4.47. The predicted octanol–water partition coefficient (Wildman–Crippen LogP) is 1.76. The van der Waals surface area contributed by atoms with E-state index in [0.29, 0.717) is 29.0 Å².